The summed E-state index contributed by atoms with van der Waals surface area (Å²) in [7, 11) is -1.13. The summed E-state index contributed by atoms with van der Waals surface area (Å²) >= 11 is 0. The maximum absolute atomic E-state index is 13.1. The Morgan fingerprint density at radius 2 is 1.97 bits per heavy atom. The highest BCUT2D eigenvalue weighted by Gasteiger charge is 2.31. The van der Waals surface area contributed by atoms with E-state index in [0.717, 1.165) is 6.42 Å². The minimum absolute atomic E-state index is 0.0320. The number of nitrogens with two attached hydrogens (primary N) is 1. The van der Waals surface area contributed by atoms with Crippen molar-refractivity contribution in [1.82, 2.24) is 5.32 Å². The Bertz CT molecular complexity index is 944. The summed E-state index contributed by atoms with van der Waals surface area (Å²) in [6, 6.07) is 6.28. The van der Waals surface area contributed by atoms with Gasteiger partial charge in [-0.05, 0) is 62.8 Å². The third-order valence-corrected chi connectivity index (χ3v) is 5.75. The molecule has 1 aromatic rings. The maximum atomic E-state index is 13.1. The van der Waals surface area contributed by atoms with Gasteiger partial charge in [0, 0.05) is 30.1 Å². The zero-order valence-electron chi connectivity index (χ0n) is 19.8. The van der Waals surface area contributed by atoms with Crippen molar-refractivity contribution in [2.75, 3.05) is 36.8 Å². The van der Waals surface area contributed by atoms with Crippen LogP contribution in [-0.4, -0.2) is 61.6 Å². The molecule has 0 bridgehead atoms. The Morgan fingerprint density at radius 3 is 2.55 bits per heavy atom. The van der Waals surface area contributed by atoms with E-state index in [2.05, 4.69) is 16.5 Å². The fourth-order valence-electron chi connectivity index (χ4n) is 3.47. The quantitative estimate of drug-likeness (QED) is 0.230. The number of hydrogen-bond donors (Lipinski definition) is 3. The van der Waals surface area contributed by atoms with E-state index in [9.17, 15) is 14.4 Å². The summed E-state index contributed by atoms with van der Waals surface area (Å²) in [5, 5.41) is 13.5. The van der Waals surface area contributed by atoms with Gasteiger partial charge in [0.15, 0.2) is 0 Å². The number of nitrogen functional groups attached to an aromatic ring is 1. The molecule has 9 heteroatoms. The van der Waals surface area contributed by atoms with Gasteiger partial charge < -0.3 is 20.7 Å². The van der Waals surface area contributed by atoms with Crippen LogP contribution < -0.4 is 16.0 Å². The highest BCUT2D eigenvalue weighted by molar-refractivity contribution is 8.35. The molecular formula is C24H34N4O4S. The average Bonchev–Trinajstić information content (AvgIpc) is 2.73. The molecule has 1 saturated heterocycles. The first-order chi connectivity index (χ1) is 15.5. The number of amidine groups is 1. The number of amides is 2. The Labute approximate surface area is 197 Å². The number of anilines is 1. The van der Waals surface area contributed by atoms with Crippen molar-refractivity contribution >= 4 is 39.3 Å². The zero-order valence-corrected chi connectivity index (χ0v) is 20.6. The van der Waals surface area contributed by atoms with E-state index < -0.39 is 28.0 Å². The molecule has 0 aromatic heterocycles. The van der Waals surface area contributed by atoms with Crippen LogP contribution in [0.25, 0.3) is 0 Å². The molecule has 8 nitrogen and oxygen atoms in total. The lowest BCUT2D eigenvalue weighted by atomic mass is 9.92. The predicted octanol–water partition coefficient (Wildman–Crippen LogP) is 2.20. The third-order valence-electron chi connectivity index (χ3n) is 5.02. The number of benzene rings is 1. The highest BCUT2D eigenvalue weighted by atomic mass is 32.3. The standard InChI is InChI=1S/C24H34N4O4S/c1-5-32-22(30)16-19(12-14-33(2,3)4)27-21(29)15-18-7-6-13-28(24(18)31)20-10-8-17(9-11-20)23(25)26/h8-11,18-19H,5-7,13,15-16H2,1-4H3,(H3,25,26)(H,27,29). The van der Waals surface area contributed by atoms with Crippen LogP contribution in [0.3, 0.4) is 0 Å². The second-order valence-corrected chi connectivity index (χ2v) is 12.6. The van der Waals surface area contributed by atoms with Crippen molar-refractivity contribution in [1.29, 1.82) is 5.41 Å². The fraction of sp³-hybridized carbons (Fsp3) is 0.500. The van der Waals surface area contributed by atoms with Gasteiger partial charge >= 0.3 is 5.97 Å². The Balaban J connectivity index is 2.06. The van der Waals surface area contributed by atoms with Crippen molar-refractivity contribution in [2.45, 2.75) is 38.6 Å². The van der Waals surface area contributed by atoms with Crippen LogP contribution in [0.1, 0.15) is 38.2 Å². The van der Waals surface area contributed by atoms with E-state index in [4.69, 9.17) is 15.9 Å². The van der Waals surface area contributed by atoms with Gasteiger partial charge in [0.25, 0.3) is 0 Å². The van der Waals surface area contributed by atoms with Gasteiger partial charge in [0.05, 0.1) is 13.0 Å². The molecule has 2 unspecified atom stereocenters. The van der Waals surface area contributed by atoms with E-state index in [1.807, 2.05) is 18.8 Å². The summed E-state index contributed by atoms with van der Waals surface area (Å²) in [5.41, 5.74) is 6.80. The molecule has 2 rings (SSSR count). The first-order valence-corrected chi connectivity index (χ1v) is 13.8. The van der Waals surface area contributed by atoms with E-state index in [-0.39, 0.29) is 37.1 Å². The molecule has 0 spiro atoms. The molecule has 2 amide bonds. The normalized spacial score (nSPS) is 17.4. The van der Waals surface area contributed by atoms with Crippen LogP contribution in [0.15, 0.2) is 24.3 Å². The molecule has 4 N–H and O–H groups in total. The molecule has 2 atom stereocenters. The van der Waals surface area contributed by atoms with Crippen LogP contribution in [0.4, 0.5) is 5.69 Å². The predicted molar refractivity (Wildman–Crippen MR) is 133 cm³/mol. The number of hydrogen-bond acceptors (Lipinski definition) is 5. The lowest BCUT2D eigenvalue weighted by Crippen LogP contribution is -2.44. The summed E-state index contributed by atoms with van der Waals surface area (Å²) in [4.78, 5) is 39.4. The van der Waals surface area contributed by atoms with E-state index in [0.29, 0.717) is 24.2 Å². The van der Waals surface area contributed by atoms with Gasteiger partial charge in [-0.15, -0.1) is 0 Å². The molecule has 0 radical (unpaired) electrons. The molecule has 1 aliphatic heterocycles. The summed E-state index contributed by atoms with van der Waals surface area (Å²) in [5.74, 6) is 1.68. The number of nitrogens with zero attached hydrogens (tertiary/aromatic N) is 1. The molecule has 1 aromatic carbocycles. The Morgan fingerprint density at radius 1 is 1.30 bits per heavy atom. The second kappa shape index (κ2) is 11.8. The lowest BCUT2D eigenvalue weighted by molar-refractivity contribution is -0.143. The summed E-state index contributed by atoms with van der Waals surface area (Å²) in [6.45, 7) is 2.56. The largest absolute Gasteiger partial charge is 0.466 e. The number of nitrogens with one attached hydrogen (secondary N) is 2. The molecular weight excluding hydrogens is 440 g/mol. The van der Waals surface area contributed by atoms with Crippen molar-refractivity contribution in [3.8, 4) is 11.2 Å². The summed E-state index contributed by atoms with van der Waals surface area (Å²) < 4.78 is 5.01. The van der Waals surface area contributed by atoms with Gasteiger partial charge in [-0.1, -0.05) is 11.2 Å². The number of carbonyl (C=O) groups excluding carboxylic acids is 3. The molecule has 0 saturated carbocycles. The number of piperidine rings is 1. The van der Waals surface area contributed by atoms with Gasteiger partial charge in [-0.3, -0.25) is 19.8 Å². The van der Waals surface area contributed by atoms with Gasteiger partial charge in [0.2, 0.25) is 11.8 Å². The molecule has 180 valence electrons. The molecule has 1 aliphatic rings. The Hall–Kier alpha value is -2.99. The number of esters is 1. The van der Waals surface area contributed by atoms with Crippen molar-refractivity contribution in [3.63, 3.8) is 0 Å². The molecule has 33 heavy (non-hydrogen) atoms. The van der Waals surface area contributed by atoms with Gasteiger partial charge in [0.1, 0.15) is 11.9 Å². The number of rotatable bonds is 8. The van der Waals surface area contributed by atoms with Gasteiger partial charge in [-0.25, -0.2) is 0 Å². The topological polar surface area (TPSA) is 126 Å². The van der Waals surface area contributed by atoms with Crippen LogP contribution in [-0.2, 0) is 19.1 Å². The second-order valence-electron chi connectivity index (χ2n) is 8.71. The van der Waals surface area contributed by atoms with Crippen molar-refractivity contribution in [3.05, 3.63) is 29.8 Å². The SMILES string of the molecule is CCOC(=O)CC(C#CS(C)(C)C)NC(=O)CC1CCCN(c2ccc(C(=N)N)cc2)C1=O. The van der Waals surface area contributed by atoms with E-state index >= 15 is 0 Å². The fourth-order valence-corrected chi connectivity index (χ4v) is 3.96. The van der Waals surface area contributed by atoms with Crippen LogP contribution in [0.2, 0.25) is 0 Å². The van der Waals surface area contributed by atoms with Gasteiger partial charge in [-0.2, -0.15) is 10.0 Å². The zero-order chi connectivity index (χ0) is 24.6. The molecule has 1 heterocycles. The smallest absolute Gasteiger partial charge is 0.308 e. The lowest BCUT2D eigenvalue weighted by Gasteiger charge is -2.32. The van der Waals surface area contributed by atoms with Crippen LogP contribution in [0.5, 0.6) is 0 Å². The van der Waals surface area contributed by atoms with Crippen molar-refractivity contribution < 1.29 is 19.1 Å². The number of carbonyl (C=O) groups is 3. The molecule has 0 aliphatic carbocycles. The minimum Gasteiger partial charge on any atom is -0.466 e. The first kappa shape index (κ1) is 26.3. The third kappa shape index (κ3) is 8.46. The minimum atomic E-state index is -1.13. The Kier molecular flexibility index (Phi) is 9.35. The first-order valence-electron chi connectivity index (χ1n) is 10.9. The highest BCUT2D eigenvalue weighted by Crippen LogP contribution is 2.32. The number of ether oxygens (including phenoxy) is 1. The monoisotopic (exact) mass is 474 g/mol. The van der Waals surface area contributed by atoms with E-state index in [1.54, 1.807) is 36.1 Å². The van der Waals surface area contributed by atoms with Crippen molar-refractivity contribution in [2.24, 2.45) is 11.7 Å². The van der Waals surface area contributed by atoms with Crippen LogP contribution >= 0.6 is 10.0 Å². The summed E-state index contributed by atoms with van der Waals surface area (Å²) in [6.07, 6.45) is 7.48. The molecule has 1 fully saturated rings. The average molecular weight is 475 g/mol. The van der Waals surface area contributed by atoms with Crippen LogP contribution in [0, 0.1) is 22.5 Å². The van der Waals surface area contributed by atoms with E-state index in [1.165, 1.54) is 0 Å². The maximum Gasteiger partial charge on any atom is 0.308 e.